The number of aromatic nitrogens is 1. The van der Waals surface area contributed by atoms with E-state index in [-0.39, 0.29) is 16.1 Å². The minimum absolute atomic E-state index is 0.0810. The molecule has 0 aliphatic carbocycles. The number of methoxy groups -OCH3 is 2. The van der Waals surface area contributed by atoms with E-state index in [1.807, 2.05) is 29.8 Å². The van der Waals surface area contributed by atoms with Crippen molar-refractivity contribution in [2.75, 3.05) is 18.9 Å². The van der Waals surface area contributed by atoms with Gasteiger partial charge in [-0.05, 0) is 60.7 Å². The number of hydrogen-bond donors (Lipinski definition) is 1. The first-order chi connectivity index (χ1) is 15.8. The number of amides is 1. The first-order valence-corrected chi connectivity index (χ1v) is 12.1. The summed E-state index contributed by atoms with van der Waals surface area (Å²) in [6.07, 6.45) is 0. The molecule has 1 amide bonds. The quantitative estimate of drug-likeness (QED) is 0.450. The van der Waals surface area contributed by atoms with Gasteiger partial charge in [-0.25, -0.2) is 8.42 Å². The van der Waals surface area contributed by atoms with E-state index in [9.17, 15) is 13.2 Å². The van der Waals surface area contributed by atoms with Crippen LogP contribution < -0.4 is 19.0 Å². The van der Waals surface area contributed by atoms with E-state index in [0.717, 1.165) is 16.0 Å². The average molecular weight is 484 g/mol. The van der Waals surface area contributed by atoms with Crippen molar-refractivity contribution in [3.63, 3.8) is 0 Å². The third kappa shape index (κ3) is 4.76. The fraction of sp³-hybridized carbons (Fsp3) is 0.130. The predicted molar refractivity (Wildman–Crippen MR) is 127 cm³/mol. The van der Waals surface area contributed by atoms with Gasteiger partial charge in [0.05, 0.1) is 29.3 Å². The lowest BCUT2D eigenvalue weighted by molar-refractivity contribution is 0.0998. The molecule has 0 aliphatic heterocycles. The summed E-state index contributed by atoms with van der Waals surface area (Å²) in [6, 6.07) is 17.9. The van der Waals surface area contributed by atoms with Crippen LogP contribution in [0.15, 0.2) is 76.6 Å². The van der Waals surface area contributed by atoms with Gasteiger partial charge in [0, 0.05) is 18.3 Å². The molecule has 0 bridgehead atoms. The molecule has 10 heteroatoms. The van der Waals surface area contributed by atoms with Gasteiger partial charge in [-0.2, -0.15) is 4.99 Å². The normalized spacial score (nSPS) is 12.0. The highest BCUT2D eigenvalue weighted by molar-refractivity contribution is 7.92. The Morgan fingerprint density at radius 1 is 0.970 bits per heavy atom. The van der Waals surface area contributed by atoms with Crippen LogP contribution in [0, 0.1) is 0 Å². The van der Waals surface area contributed by atoms with Crippen LogP contribution in [-0.4, -0.2) is 33.1 Å². The van der Waals surface area contributed by atoms with E-state index in [1.54, 1.807) is 37.4 Å². The molecular weight excluding hydrogens is 462 g/mol. The number of sulfonamides is 1. The van der Waals surface area contributed by atoms with Crippen LogP contribution in [0.4, 0.5) is 5.69 Å². The number of nitrogens with one attached hydrogen (secondary N) is 1. The minimum Gasteiger partial charge on any atom is -0.497 e. The number of thiazole rings is 1. The van der Waals surface area contributed by atoms with Gasteiger partial charge in [-0.1, -0.05) is 17.4 Å². The molecule has 1 heterocycles. The van der Waals surface area contributed by atoms with Gasteiger partial charge in [0.25, 0.3) is 15.9 Å². The third-order valence-electron chi connectivity index (χ3n) is 4.95. The monoisotopic (exact) mass is 483 g/mol. The summed E-state index contributed by atoms with van der Waals surface area (Å²) < 4.78 is 41.0. The number of carbonyl (C=O) groups is 1. The molecule has 4 rings (SSSR count). The van der Waals surface area contributed by atoms with E-state index >= 15 is 0 Å². The molecule has 33 heavy (non-hydrogen) atoms. The molecule has 0 saturated heterocycles. The molecular formula is C23H21N3O5S2. The third-order valence-corrected chi connectivity index (χ3v) is 7.44. The summed E-state index contributed by atoms with van der Waals surface area (Å²) in [4.78, 5) is 17.7. The van der Waals surface area contributed by atoms with Crippen LogP contribution in [0.3, 0.4) is 0 Å². The van der Waals surface area contributed by atoms with Gasteiger partial charge in [-0.3, -0.25) is 9.52 Å². The lowest BCUT2D eigenvalue weighted by Gasteiger charge is -2.09. The van der Waals surface area contributed by atoms with Crippen LogP contribution in [0.1, 0.15) is 10.4 Å². The van der Waals surface area contributed by atoms with Gasteiger partial charge >= 0.3 is 0 Å². The van der Waals surface area contributed by atoms with Crippen molar-refractivity contribution in [3.05, 3.63) is 77.1 Å². The zero-order chi connectivity index (χ0) is 23.6. The van der Waals surface area contributed by atoms with Crippen LogP contribution in [0.5, 0.6) is 11.5 Å². The standard InChI is InChI=1S/C23H21N3O5S2/c1-26-20-12-9-18(31-3)14-21(20)32-23(26)24-22(27)15-5-4-6-16(13-15)25-33(28,29)19-10-7-17(30-2)8-11-19/h4-14,25H,1-3H3. The maximum absolute atomic E-state index is 12.8. The van der Waals surface area contributed by atoms with Crippen molar-refractivity contribution < 1.29 is 22.7 Å². The number of ether oxygens (including phenoxy) is 2. The SMILES string of the molecule is COc1ccc(S(=O)(=O)Nc2cccc(C(=O)N=c3sc4cc(OC)ccc4n3C)c2)cc1. The minimum atomic E-state index is -3.83. The Labute approximate surface area is 194 Å². The number of aryl methyl sites for hydroxylation is 1. The molecule has 0 radical (unpaired) electrons. The second-order valence-electron chi connectivity index (χ2n) is 7.06. The Morgan fingerprint density at radius 3 is 2.36 bits per heavy atom. The van der Waals surface area contributed by atoms with Gasteiger partial charge in [0.2, 0.25) is 0 Å². The summed E-state index contributed by atoms with van der Waals surface area (Å²) >= 11 is 1.36. The van der Waals surface area contributed by atoms with E-state index in [4.69, 9.17) is 9.47 Å². The number of rotatable bonds is 6. The van der Waals surface area contributed by atoms with Crippen molar-refractivity contribution in [2.45, 2.75) is 4.90 Å². The number of nitrogens with zero attached hydrogens (tertiary/aromatic N) is 2. The van der Waals surface area contributed by atoms with Crippen LogP contribution in [0.25, 0.3) is 10.2 Å². The predicted octanol–water partition coefficient (Wildman–Crippen LogP) is 3.80. The number of anilines is 1. The molecule has 0 spiro atoms. The highest BCUT2D eigenvalue weighted by Crippen LogP contribution is 2.23. The van der Waals surface area contributed by atoms with Gasteiger partial charge < -0.3 is 14.0 Å². The molecule has 0 atom stereocenters. The molecule has 0 fully saturated rings. The topological polar surface area (TPSA) is 99.0 Å². The fourth-order valence-corrected chi connectivity index (χ4v) is 5.28. The van der Waals surface area contributed by atoms with Crippen molar-refractivity contribution in [1.82, 2.24) is 4.57 Å². The molecule has 8 nitrogen and oxygen atoms in total. The van der Waals surface area contributed by atoms with Gasteiger partial charge in [0.15, 0.2) is 4.80 Å². The molecule has 4 aromatic rings. The van der Waals surface area contributed by atoms with Crippen LogP contribution >= 0.6 is 11.3 Å². The second kappa shape index (κ2) is 9.08. The summed E-state index contributed by atoms with van der Waals surface area (Å²) in [7, 11) is 1.10. The highest BCUT2D eigenvalue weighted by atomic mass is 32.2. The Kier molecular flexibility index (Phi) is 6.21. The molecule has 170 valence electrons. The van der Waals surface area contributed by atoms with Gasteiger partial charge in [-0.15, -0.1) is 0 Å². The van der Waals surface area contributed by atoms with E-state index in [1.165, 1.54) is 36.6 Å². The van der Waals surface area contributed by atoms with Crippen LogP contribution in [0.2, 0.25) is 0 Å². The Hall–Kier alpha value is -3.63. The number of carbonyl (C=O) groups excluding carboxylic acids is 1. The second-order valence-corrected chi connectivity index (χ2v) is 9.75. The fourth-order valence-electron chi connectivity index (χ4n) is 3.18. The van der Waals surface area contributed by atoms with E-state index in [2.05, 4.69) is 9.71 Å². The molecule has 0 aliphatic rings. The zero-order valence-corrected chi connectivity index (χ0v) is 19.7. The number of hydrogen-bond acceptors (Lipinski definition) is 6. The summed E-state index contributed by atoms with van der Waals surface area (Å²) in [5.41, 5.74) is 1.45. The Bertz CT molecular complexity index is 1500. The first kappa shape index (κ1) is 22.6. The van der Waals surface area contributed by atoms with Crippen molar-refractivity contribution in [3.8, 4) is 11.5 Å². The maximum Gasteiger partial charge on any atom is 0.279 e. The lowest BCUT2D eigenvalue weighted by Crippen LogP contribution is -2.14. The number of fused-ring (bicyclic) bond motifs is 1. The molecule has 0 unspecified atom stereocenters. The molecule has 1 aromatic heterocycles. The molecule has 0 saturated carbocycles. The van der Waals surface area contributed by atoms with Crippen molar-refractivity contribution in [1.29, 1.82) is 0 Å². The van der Waals surface area contributed by atoms with E-state index in [0.29, 0.717) is 10.6 Å². The maximum atomic E-state index is 12.8. The summed E-state index contributed by atoms with van der Waals surface area (Å²) in [6.45, 7) is 0. The summed E-state index contributed by atoms with van der Waals surface area (Å²) in [5, 5.41) is 0. The van der Waals surface area contributed by atoms with Crippen molar-refractivity contribution >= 4 is 43.2 Å². The largest absolute Gasteiger partial charge is 0.497 e. The molecule has 1 N–H and O–H groups in total. The summed E-state index contributed by atoms with van der Waals surface area (Å²) in [5.74, 6) is 0.796. The Morgan fingerprint density at radius 2 is 1.67 bits per heavy atom. The van der Waals surface area contributed by atoms with Crippen LogP contribution in [-0.2, 0) is 17.1 Å². The highest BCUT2D eigenvalue weighted by Gasteiger charge is 2.15. The smallest absolute Gasteiger partial charge is 0.279 e. The number of benzene rings is 3. The average Bonchev–Trinajstić information content (AvgIpc) is 3.13. The van der Waals surface area contributed by atoms with Crippen molar-refractivity contribution in [2.24, 2.45) is 12.0 Å². The van der Waals surface area contributed by atoms with E-state index < -0.39 is 15.9 Å². The Balaban J connectivity index is 1.61. The first-order valence-electron chi connectivity index (χ1n) is 9.80. The van der Waals surface area contributed by atoms with Gasteiger partial charge in [0.1, 0.15) is 11.5 Å². The zero-order valence-electron chi connectivity index (χ0n) is 18.1. The molecule has 3 aromatic carbocycles. The lowest BCUT2D eigenvalue weighted by atomic mass is 10.2.